The molecule has 12 heavy (non-hydrogen) atoms. The molecule has 0 amide bonds. The molecule has 1 aliphatic rings. The second kappa shape index (κ2) is 4.45. The number of rotatable bonds is 3. The van der Waals surface area contributed by atoms with E-state index in [1.165, 1.54) is 6.26 Å². The minimum atomic E-state index is -0.329. The van der Waals surface area contributed by atoms with Crippen molar-refractivity contribution in [3.8, 4) is 0 Å². The summed E-state index contributed by atoms with van der Waals surface area (Å²) in [7, 11) is 3.17. The first-order chi connectivity index (χ1) is 5.83. The van der Waals surface area contributed by atoms with Gasteiger partial charge in [0.05, 0.1) is 12.9 Å². The van der Waals surface area contributed by atoms with Gasteiger partial charge in [-0.3, -0.25) is 0 Å². The fourth-order valence-corrected chi connectivity index (χ4v) is 1.27. The SMILES string of the molecule is COC1C=COC(CO)C1OC. The van der Waals surface area contributed by atoms with E-state index in [1.54, 1.807) is 20.3 Å². The Labute approximate surface area is 71.7 Å². The Morgan fingerprint density at radius 2 is 2.17 bits per heavy atom. The molecular formula is C8H14O4. The molecule has 0 radical (unpaired) electrons. The predicted molar refractivity (Wildman–Crippen MR) is 42.7 cm³/mol. The molecule has 1 heterocycles. The van der Waals surface area contributed by atoms with Gasteiger partial charge in [0.1, 0.15) is 18.3 Å². The lowest BCUT2D eigenvalue weighted by atomic mass is 10.1. The van der Waals surface area contributed by atoms with Crippen molar-refractivity contribution in [2.24, 2.45) is 0 Å². The average Bonchev–Trinajstić information content (AvgIpc) is 2.16. The Morgan fingerprint density at radius 3 is 2.67 bits per heavy atom. The molecule has 0 spiro atoms. The summed E-state index contributed by atoms with van der Waals surface area (Å²) in [6, 6.07) is 0. The maximum absolute atomic E-state index is 8.91. The normalized spacial score (nSPS) is 34.8. The van der Waals surface area contributed by atoms with Gasteiger partial charge >= 0.3 is 0 Å². The first-order valence-corrected chi connectivity index (χ1v) is 3.82. The monoisotopic (exact) mass is 174 g/mol. The fraction of sp³-hybridized carbons (Fsp3) is 0.750. The summed E-state index contributed by atoms with van der Waals surface area (Å²) in [6.07, 6.45) is 2.60. The van der Waals surface area contributed by atoms with Crippen molar-refractivity contribution in [3.63, 3.8) is 0 Å². The van der Waals surface area contributed by atoms with Crippen LogP contribution in [-0.2, 0) is 14.2 Å². The Bertz CT molecular complexity index is 157. The smallest absolute Gasteiger partial charge is 0.150 e. The van der Waals surface area contributed by atoms with Gasteiger partial charge in [0, 0.05) is 14.2 Å². The van der Waals surface area contributed by atoms with E-state index >= 15 is 0 Å². The van der Waals surface area contributed by atoms with Gasteiger partial charge in [0.15, 0.2) is 0 Å². The van der Waals surface area contributed by atoms with Crippen LogP contribution in [0.3, 0.4) is 0 Å². The highest BCUT2D eigenvalue weighted by Crippen LogP contribution is 2.16. The van der Waals surface area contributed by atoms with Crippen molar-refractivity contribution in [3.05, 3.63) is 12.3 Å². The second-order valence-corrected chi connectivity index (χ2v) is 2.59. The van der Waals surface area contributed by atoms with Crippen molar-refractivity contribution in [1.82, 2.24) is 0 Å². The Balaban J connectivity index is 2.63. The van der Waals surface area contributed by atoms with Gasteiger partial charge in [-0.15, -0.1) is 0 Å². The molecule has 0 saturated carbocycles. The summed E-state index contributed by atoms with van der Waals surface area (Å²) < 4.78 is 15.4. The summed E-state index contributed by atoms with van der Waals surface area (Å²) in [4.78, 5) is 0. The minimum absolute atomic E-state index is 0.0668. The number of hydrogen-bond donors (Lipinski definition) is 1. The zero-order valence-electron chi connectivity index (χ0n) is 7.27. The highest BCUT2D eigenvalue weighted by molar-refractivity contribution is 4.98. The first-order valence-electron chi connectivity index (χ1n) is 3.82. The lowest BCUT2D eigenvalue weighted by molar-refractivity contribution is -0.109. The predicted octanol–water partition coefficient (Wildman–Crippen LogP) is -0.0788. The van der Waals surface area contributed by atoms with E-state index in [0.29, 0.717) is 0 Å². The number of methoxy groups -OCH3 is 2. The highest BCUT2D eigenvalue weighted by Gasteiger charge is 2.31. The zero-order chi connectivity index (χ0) is 8.97. The fourth-order valence-electron chi connectivity index (χ4n) is 1.27. The third-order valence-corrected chi connectivity index (χ3v) is 1.94. The van der Waals surface area contributed by atoms with Crippen LogP contribution in [-0.4, -0.2) is 44.2 Å². The molecule has 3 atom stereocenters. The number of aliphatic hydroxyl groups excluding tert-OH is 1. The number of ether oxygens (including phenoxy) is 3. The molecule has 4 nitrogen and oxygen atoms in total. The summed E-state index contributed by atoms with van der Waals surface area (Å²) in [5, 5.41) is 8.91. The van der Waals surface area contributed by atoms with E-state index in [2.05, 4.69) is 0 Å². The average molecular weight is 174 g/mol. The van der Waals surface area contributed by atoms with Crippen LogP contribution in [0, 0.1) is 0 Å². The van der Waals surface area contributed by atoms with Crippen molar-refractivity contribution >= 4 is 0 Å². The third-order valence-electron chi connectivity index (χ3n) is 1.94. The van der Waals surface area contributed by atoms with Crippen LogP contribution in [0.2, 0.25) is 0 Å². The summed E-state index contributed by atoms with van der Waals surface area (Å²) in [6.45, 7) is -0.0668. The van der Waals surface area contributed by atoms with E-state index in [1.807, 2.05) is 0 Å². The van der Waals surface area contributed by atoms with Crippen LogP contribution in [0.1, 0.15) is 0 Å². The van der Waals surface area contributed by atoms with Crippen molar-refractivity contribution < 1.29 is 19.3 Å². The van der Waals surface area contributed by atoms with Gasteiger partial charge < -0.3 is 19.3 Å². The molecular weight excluding hydrogens is 160 g/mol. The second-order valence-electron chi connectivity index (χ2n) is 2.59. The molecule has 0 aromatic heterocycles. The van der Waals surface area contributed by atoms with E-state index in [9.17, 15) is 0 Å². The van der Waals surface area contributed by atoms with Crippen LogP contribution in [0.5, 0.6) is 0 Å². The maximum atomic E-state index is 8.91. The van der Waals surface area contributed by atoms with Crippen LogP contribution in [0.4, 0.5) is 0 Å². The minimum Gasteiger partial charge on any atom is -0.493 e. The Morgan fingerprint density at radius 1 is 1.42 bits per heavy atom. The first kappa shape index (κ1) is 9.51. The standard InChI is InChI=1S/C8H14O4/c1-10-6-3-4-12-7(5-9)8(6)11-2/h3-4,6-9H,5H2,1-2H3. The molecule has 0 aliphatic carbocycles. The van der Waals surface area contributed by atoms with Gasteiger partial charge in [-0.1, -0.05) is 0 Å². The number of aliphatic hydroxyl groups is 1. The lowest BCUT2D eigenvalue weighted by Gasteiger charge is -2.31. The molecule has 4 heteroatoms. The van der Waals surface area contributed by atoms with Gasteiger partial charge in [-0.05, 0) is 6.08 Å². The quantitative estimate of drug-likeness (QED) is 0.650. The number of hydrogen-bond acceptors (Lipinski definition) is 4. The van der Waals surface area contributed by atoms with Gasteiger partial charge in [0.25, 0.3) is 0 Å². The third kappa shape index (κ3) is 1.77. The van der Waals surface area contributed by atoms with Crippen LogP contribution in [0.15, 0.2) is 12.3 Å². The van der Waals surface area contributed by atoms with Gasteiger partial charge in [0.2, 0.25) is 0 Å². The maximum Gasteiger partial charge on any atom is 0.150 e. The summed E-state index contributed by atoms with van der Waals surface area (Å²) in [5.74, 6) is 0. The van der Waals surface area contributed by atoms with Crippen molar-refractivity contribution in [2.75, 3.05) is 20.8 Å². The Hall–Kier alpha value is -0.580. The molecule has 0 bridgehead atoms. The molecule has 0 saturated heterocycles. The van der Waals surface area contributed by atoms with Crippen LogP contribution < -0.4 is 0 Å². The molecule has 0 fully saturated rings. The summed E-state index contributed by atoms with van der Waals surface area (Å²) in [5.41, 5.74) is 0. The van der Waals surface area contributed by atoms with Crippen molar-refractivity contribution in [2.45, 2.75) is 18.3 Å². The van der Waals surface area contributed by atoms with Gasteiger partial charge in [-0.25, -0.2) is 0 Å². The highest BCUT2D eigenvalue weighted by atomic mass is 16.6. The Kier molecular flexibility index (Phi) is 3.52. The largest absolute Gasteiger partial charge is 0.493 e. The summed E-state index contributed by atoms with van der Waals surface area (Å²) >= 11 is 0. The topological polar surface area (TPSA) is 47.9 Å². The zero-order valence-corrected chi connectivity index (χ0v) is 7.27. The molecule has 0 aromatic rings. The van der Waals surface area contributed by atoms with Gasteiger partial charge in [-0.2, -0.15) is 0 Å². The molecule has 0 aromatic carbocycles. The van der Waals surface area contributed by atoms with Crippen LogP contribution >= 0.6 is 0 Å². The molecule has 70 valence electrons. The molecule has 1 aliphatic heterocycles. The molecule has 3 unspecified atom stereocenters. The van der Waals surface area contributed by atoms with E-state index in [4.69, 9.17) is 19.3 Å². The van der Waals surface area contributed by atoms with E-state index in [-0.39, 0.29) is 24.9 Å². The van der Waals surface area contributed by atoms with Crippen LogP contribution in [0.25, 0.3) is 0 Å². The van der Waals surface area contributed by atoms with E-state index < -0.39 is 0 Å². The lowest BCUT2D eigenvalue weighted by Crippen LogP contribution is -2.44. The molecule has 1 rings (SSSR count). The van der Waals surface area contributed by atoms with Crippen molar-refractivity contribution in [1.29, 1.82) is 0 Å². The molecule has 1 N–H and O–H groups in total. The van der Waals surface area contributed by atoms with E-state index in [0.717, 1.165) is 0 Å².